The molecular weight excluding hydrogens is 501 g/mol. The Bertz CT molecular complexity index is 1550. The molecule has 0 spiro atoms. The number of fused-ring (bicyclic) bond motifs is 3. The van der Waals surface area contributed by atoms with Gasteiger partial charge >= 0.3 is 0 Å². The first kappa shape index (κ1) is 25.0. The Hall–Kier alpha value is -4.33. The molecule has 0 radical (unpaired) electrons. The first-order valence-electron chi connectivity index (χ1n) is 13.0. The SMILES string of the molecule is CC1=CC(=O)C2=C(CC3C(=CCC4C(=O)N(CCc5ccc(O)cc5)C(=O)C43)C2c2ccc(O)c(F)c2)C1=O. The second kappa shape index (κ2) is 9.15. The molecular formula is C31H26FNO6. The average Bonchev–Trinajstić information content (AvgIpc) is 3.16. The lowest BCUT2D eigenvalue weighted by Gasteiger charge is -2.42. The number of rotatable bonds is 4. The van der Waals surface area contributed by atoms with Crippen molar-refractivity contribution >= 4 is 23.4 Å². The number of allylic oxidation sites excluding steroid dienone is 6. The maximum Gasteiger partial charge on any atom is 0.233 e. The van der Waals surface area contributed by atoms with Gasteiger partial charge in [-0.05, 0) is 73.6 Å². The number of aromatic hydroxyl groups is 2. The lowest BCUT2D eigenvalue weighted by atomic mass is 9.59. The van der Waals surface area contributed by atoms with E-state index in [1.54, 1.807) is 31.2 Å². The van der Waals surface area contributed by atoms with Crippen LogP contribution in [-0.4, -0.2) is 45.0 Å². The standard InChI is InChI=1S/C31H26FNO6/c1-15-12-25(36)28-22(29(15)37)14-21-19(26(28)17-4-9-24(35)23(32)13-17)7-8-20-27(21)31(39)33(30(20)38)11-10-16-2-5-18(34)6-3-16/h2-7,9,12-13,20-21,26-27,34-35H,8,10-11,14H2,1H3. The second-order valence-electron chi connectivity index (χ2n) is 10.7. The molecule has 39 heavy (non-hydrogen) atoms. The molecule has 6 rings (SSSR count). The van der Waals surface area contributed by atoms with Crippen molar-refractivity contribution in [1.82, 2.24) is 4.90 Å². The smallest absolute Gasteiger partial charge is 0.233 e. The van der Waals surface area contributed by atoms with Gasteiger partial charge in [0, 0.05) is 29.2 Å². The average molecular weight is 528 g/mol. The molecule has 0 saturated carbocycles. The highest BCUT2D eigenvalue weighted by molar-refractivity contribution is 6.23. The fourth-order valence-electron chi connectivity index (χ4n) is 6.65. The molecule has 4 atom stereocenters. The number of phenolic OH excluding ortho intramolecular Hbond substituents is 2. The van der Waals surface area contributed by atoms with Crippen LogP contribution < -0.4 is 0 Å². The zero-order chi connectivity index (χ0) is 27.6. The van der Waals surface area contributed by atoms with Crippen molar-refractivity contribution in [2.75, 3.05) is 6.54 Å². The van der Waals surface area contributed by atoms with E-state index in [1.807, 2.05) is 6.08 Å². The molecule has 4 unspecified atom stereocenters. The Balaban J connectivity index is 1.38. The largest absolute Gasteiger partial charge is 0.508 e. The number of benzene rings is 2. The summed E-state index contributed by atoms with van der Waals surface area (Å²) in [5.74, 6) is -4.93. The van der Waals surface area contributed by atoms with E-state index >= 15 is 0 Å². The van der Waals surface area contributed by atoms with E-state index in [9.17, 15) is 33.8 Å². The van der Waals surface area contributed by atoms with Crippen molar-refractivity contribution in [3.63, 3.8) is 0 Å². The van der Waals surface area contributed by atoms with Gasteiger partial charge in [-0.2, -0.15) is 0 Å². The summed E-state index contributed by atoms with van der Waals surface area (Å²) in [6, 6.07) is 10.5. The minimum absolute atomic E-state index is 0.131. The molecule has 1 fully saturated rings. The van der Waals surface area contributed by atoms with E-state index in [0.717, 1.165) is 17.2 Å². The summed E-state index contributed by atoms with van der Waals surface area (Å²) in [4.78, 5) is 54.9. The van der Waals surface area contributed by atoms with Crippen LogP contribution in [0.5, 0.6) is 11.5 Å². The summed E-state index contributed by atoms with van der Waals surface area (Å²) in [6.45, 7) is 1.76. The quantitative estimate of drug-likeness (QED) is 0.354. The number of hydrogen-bond acceptors (Lipinski definition) is 6. The minimum atomic E-state index is -0.847. The van der Waals surface area contributed by atoms with Gasteiger partial charge in [-0.3, -0.25) is 24.1 Å². The number of ketones is 2. The zero-order valence-corrected chi connectivity index (χ0v) is 21.2. The number of likely N-dealkylation sites (tertiary alicyclic amines) is 1. The molecule has 0 bridgehead atoms. The van der Waals surface area contributed by atoms with E-state index in [1.165, 1.54) is 23.1 Å². The van der Waals surface area contributed by atoms with Crippen LogP contribution >= 0.6 is 0 Å². The van der Waals surface area contributed by atoms with Crippen molar-refractivity contribution < 1.29 is 33.8 Å². The molecule has 1 heterocycles. The van der Waals surface area contributed by atoms with Gasteiger partial charge < -0.3 is 10.2 Å². The second-order valence-corrected chi connectivity index (χ2v) is 10.7. The van der Waals surface area contributed by atoms with Crippen LogP contribution in [0.1, 0.15) is 36.8 Å². The molecule has 7 nitrogen and oxygen atoms in total. The fraction of sp³-hybridized carbons (Fsp3) is 0.290. The Labute approximate surface area is 223 Å². The predicted molar refractivity (Wildman–Crippen MR) is 138 cm³/mol. The van der Waals surface area contributed by atoms with Crippen LogP contribution in [-0.2, 0) is 25.6 Å². The highest BCUT2D eigenvalue weighted by atomic mass is 19.1. The van der Waals surface area contributed by atoms with Crippen LogP contribution in [0.3, 0.4) is 0 Å². The maximum absolute atomic E-state index is 14.5. The van der Waals surface area contributed by atoms with Gasteiger partial charge in [-0.1, -0.05) is 29.8 Å². The van der Waals surface area contributed by atoms with Crippen molar-refractivity contribution in [3.05, 3.63) is 93.9 Å². The Morgan fingerprint density at radius 1 is 0.974 bits per heavy atom. The summed E-state index contributed by atoms with van der Waals surface area (Å²) in [5, 5.41) is 19.3. The highest BCUT2D eigenvalue weighted by Gasteiger charge is 2.56. The van der Waals surface area contributed by atoms with Crippen molar-refractivity contribution in [1.29, 1.82) is 0 Å². The highest BCUT2D eigenvalue weighted by Crippen LogP contribution is 2.55. The lowest BCUT2D eigenvalue weighted by molar-refractivity contribution is -0.140. The third-order valence-corrected chi connectivity index (χ3v) is 8.52. The van der Waals surface area contributed by atoms with Crippen molar-refractivity contribution in [2.24, 2.45) is 17.8 Å². The van der Waals surface area contributed by atoms with Gasteiger partial charge in [-0.15, -0.1) is 0 Å². The molecule has 4 aliphatic rings. The summed E-state index contributed by atoms with van der Waals surface area (Å²) in [6.07, 6.45) is 4.06. The molecule has 198 valence electrons. The lowest BCUT2D eigenvalue weighted by Crippen LogP contribution is -2.40. The van der Waals surface area contributed by atoms with Crippen LogP contribution in [0, 0.1) is 23.6 Å². The maximum atomic E-state index is 14.5. The van der Waals surface area contributed by atoms with Gasteiger partial charge in [0.05, 0.1) is 11.8 Å². The third-order valence-electron chi connectivity index (χ3n) is 8.52. The molecule has 2 amide bonds. The van der Waals surface area contributed by atoms with Gasteiger partial charge in [0.2, 0.25) is 11.8 Å². The summed E-state index contributed by atoms with van der Waals surface area (Å²) < 4.78 is 14.5. The normalized spacial score (nSPS) is 26.3. The molecule has 1 saturated heterocycles. The van der Waals surface area contributed by atoms with Gasteiger partial charge in [0.15, 0.2) is 23.1 Å². The van der Waals surface area contributed by atoms with Crippen LogP contribution in [0.2, 0.25) is 0 Å². The summed E-state index contributed by atoms with van der Waals surface area (Å²) in [5.41, 5.74) is 2.90. The number of imide groups is 1. The van der Waals surface area contributed by atoms with E-state index in [2.05, 4.69) is 0 Å². The first-order valence-corrected chi connectivity index (χ1v) is 13.0. The van der Waals surface area contributed by atoms with E-state index in [4.69, 9.17) is 0 Å². The van der Waals surface area contributed by atoms with E-state index in [0.29, 0.717) is 29.6 Å². The summed E-state index contributed by atoms with van der Waals surface area (Å²) in [7, 11) is 0. The predicted octanol–water partition coefficient (Wildman–Crippen LogP) is 3.91. The number of carbonyl (C=O) groups excluding carboxylic acids is 4. The van der Waals surface area contributed by atoms with Gasteiger partial charge in [0.25, 0.3) is 0 Å². The van der Waals surface area contributed by atoms with Crippen molar-refractivity contribution in [2.45, 2.75) is 32.1 Å². The molecule has 2 N–H and O–H groups in total. The Morgan fingerprint density at radius 3 is 2.44 bits per heavy atom. The van der Waals surface area contributed by atoms with Gasteiger partial charge in [0.1, 0.15) is 5.75 Å². The number of phenols is 2. The third kappa shape index (κ3) is 3.93. The topological polar surface area (TPSA) is 112 Å². The van der Waals surface area contributed by atoms with E-state index < -0.39 is 35.2 Å². The minimum Gasteiger partial charge on any atom is -0.508 e. The molecule has 3 aliphatic carbocycles. The van der Waals surface area contributed by atoms with Gasteiger partial charge in [-0.25, -0.2) is 4.39 Å². The fourth-order valence-corrected chi connectivity index (χ4v) is 6.65. The molecule has 2 aromatic carbocycles. The first-order chi connectivity index (χ1) is 18.7. The Kier molecular flexibility index (Phi) is 5.86. The van der Waals surface area contributed by atoms with Crippen LogP contribution in [0.25, 0.3) is 0 Å². The number of carbonyl (C=O) groups is 4. The monoisotopic (exact) mass is 527 g/mol. The Morgan fingerprint density at radius 2 is 1.72 bits per heavy atom. The van der Waals surface area contributed by atoms with Crippen LogP contribution in [0.15, 0.2) is 76.9 Å². The van der Waals surface area contributed by atoms with Crippen molar-refractivity contribution in [3.8, 4) is 11.5 Å². The number of amides is 2. The molecule has 0 aromatic heterocycles. The summed E-state index contributed by atoms with van der Waals surface area (Å²) >= 11 is 0. The van der Waals surface area contributed by atoms with Crippen LogP contribution in [0.4, 0.5) is 4.39 Å². The zero-order valence-electron chi connectivity index (χ0n) is 21.2. The molecule has 8 heteroatoms. The molecule has 2 aromatic rings. The number of hydrogen-bond donors (Lipinski definition) is 2. The number of halogens is 1. The number of nitrogens with zero attached hydrogens (tertiary/aromatic N) is 1. The van der Waals surface area contributed by atoms with E-state index in [-0.39, 0.29) is 47.7 Å². The molecule has 1 aliphatic heterocycles. The number of Topliss-reactive ketones (excluding diaryl/α,β-unsaturated/α-hetero) is 1.